The highest BCUT2D eigenvalue weighted by molar-refractivity contribution is 7.99. The molecule has 0 aliphatic rings. The Kier molecular flexibility index (Phi) is 13.3. The van der Waals surface area contributed by atoms with Crippen LogP contribution in [0.4, 0.5) is 5.69 Å². The van der Waals surface area contributed by atoms with Crippen LogP contribution in [0.15, 0.2) is 87.9 Å². The lowest BCUT2D eigenvalue weighted by Crippen LogP contribution is -2.32. The first-order valence-corrected chi connectivity index (χ1v) is 19.4. The fourth-order valence-electron chi connectivity index (χ4n) is 5.99. The minimum atomic E-state index is -1.09. The third-order valence-electron chi connectivity index (χ3n) is 8.45. The molecule has 6 aromatic rings. The van der Waals surface area contributed by atoms with Crippen molar-refractivity contribution in [1.29, 1.82) is 0 Å². The van der Waals surface area contributed by atoms with E-state index in [9.17, 15) is 19.7 Å². The Bertz CT molecular complexity index is 2210. The van der Waals surface area contributed by atoms with Crippen molar-refractivity contribution in [2.24, 2.45) is 32.6 Å². The van der Waals surface area contributed by atoms with Crippen LogP contribution in [0.1, 0.15) is 11.1 Å². The van der Waals surface area contributed by atoms with E-state index in [1.165, 1.54) is 33.6 Å². The predicted molar refractivity (Wildman–Crippen MR) is 209 cm³/mol. The molecule has 0 radical (unpaired) electrons. The summed E-state index contributed by atoms with van der Waals surface area (Å²) in [4.78, 5) is 35.9. The Morgan fingerprint density at radius 3 is 1.78 bits per heavy atom. The quantitative estimate of drug-likeness (QED) is 0.0679. The van der Waals surface area contributed by atoms with Crippen LogP contribution < -0.4 is 11.5 Å². The Labute approximate surface area is 308 Å². The number of carbonyl (C=O) groups is 2. The molecule has 6 rings (SSSR count). The number of benzene rings is 3. The SMILES string of the molecule is CSc1ccc([N+](=O)[O-])c2c1c(CC(N)C(=O)O)cn2C.CSc1cccc2c1c(CC(N)C(=O)O)cn2C.CSc1cccc2c1ccn2C. The zero-order valence-corrected chi connectivity index (χ0v) is 31.6. The van der Waals surface area contributed by atoms with E-state index < -0.39 is 28.9 Å². The predicted octanol–water partition coefficient (Wildman–Crippen LogP) is 6.52. The van der Waals surface area contributed by atoms with Gasteiger partial charge in [0.25, 0.3) is 5.69 Å². The number of thioether (sulfide) groups is 3. The fourth-order valence-corrected chi connectivity index (χ4v) is 7.89. The van der Waals surface area contributed by atoms with Gasteiger partial charge in [0.05, 0.1) is 4.92 Å². The molecular weight excluding hydrogens is 709 g/mol. The molecule has 3 aromatic carbocycles. The Balaban J connectivity index is 0.000000177. The minimum Gasteiger partial charge on any atom is -0.480 e. The first kappa shape index (κ1) is 39.4. The topological polar surface area (TPSA) is 185 Å². The second kappa shape index (κ2) is 17.2. The van der Waals surface area contributed by atoms with E-state index in [0.29, 0.717) is 22.9 Å². The number of aliphatic carboxylic acids is 2. The van der Waals surface area contributed by atoms with Crippen LogP contribution in [0.3, 0.4) is 0 Å². The lowest BCUT2D eigenvalue weighted by molar-refractivity contribution is -0.383. The second-order valence-corrected chi connectivity index (χ2v) is 14.3. The van der Waals surface area contributed by atoms with Gasteiger partial charge in [0, 0.05) is 101 Å². The standard InChI is InChI=1S/C13H15N3O4S.C13H16N2O2S.C10H11NS/c1-15-6-7(5-8(14)13(17)18)11-10(21-2)4-3-9(12(11)15)16(19)20;1-15-7-8(6-9(14)13(16)17)12-10(15)4-3-5-11(12)18-2;1-11-7-6-8-9(11)4-3-5-10(8)12-2/h3-4,6,8H,5,14H2,1-2H3,(H,17,18);3-5,7,9H,6,14H2,1-2H3,(H,16,17);3-7H,1-2H3. The third kappa shape index (κ3) is 8.73. The maximum Gasteiger partial charge on any atom is 0.320 e. The van der Waals surface area contributed by atoms with Crippen LogP contribution in [-0.4, -0.2) is 71.6 Å². The lowest BCUT2D eigenvalue weighted by Gasteiger charge is -2.07. The molecule has 0 saturated carbocycles. The van der Waals surface area contributed by atoms with Gasteiger partial charge in [-0.2, -0.15) is 0 Å². The molecule has 0 amide bonds. The van der Waals surface area contributed by atoms with Crippen LogP contribution in [0, 0.1) is 10.1 Å². The van der Waals surface area contributed by atoms with Crippen molar-refractivity contribution in [3.05, 3.63) is 94.4 Å². The lowest BCUT2D eigenvalue weighted by atomic mass is 10.1. The maximum absolute atomic E-state index is 11.2. The van der Waals surface area contributed by atoms with Gasteiger partial charge < -0.3 is 35.4 Å². The summed E-state index contributed by atoms with van der Waals surface area (Å²) in [5.41, 5.74) is 15.8. The Morgan fingerprint density at radius 1 is 0.725 bits per heavy atom. The molecule has 3 heterocycles. The zero-order valence-electron chi connectivity index (χ0n) is 29.2. The van der Waals surface area contributed by atoms with Crippen LogP contribution >= 0.6 is 35.3 Å². The molecule has 12 nitrogen and oxygen atoms in total. The molecule has 0 fully saturated rings. The van der Waals surface area contributed by atoms with E-state index in [0.717, 1.165) is 26.3 Å². The highest BCUT2D eigenvalue weighted by Crippen LogP contribution is 2.37. The average molecular weight is 751 g/mol. The number of carboxylic acids is 2. The molecule has 2 atom stereocenters. The molecule has 0 saturated heterocycles. The van der Waals surface area contributed by atoms with E-state index in [4.69, 9.17) is 21.7 Å². The molecule has 15 heteroatoms. The van der Waals surface area contributed by atoms with E-state index in [1.54, 1.807) is 47.4 Å². The first-order valence-electron chi connectivity index (χ1n) is 15.7. The normalized spacial score (nSPS) is 12.2. The molecule has 2 unspecified atom stereocenters. The van der Waals surface area contributed by atoms with E-state index in [-0.39, 0.29) is 12.1 Å². The molecular formula is C36H42N6O6S3. The average Bonchev–Trinajstić information content (AvgIpc) is 3.76. The third-order valence-corrected chi connectivity index (χ3v) is 10.8. The van der Waals surface area contributed by atoms with Crippen molar-refractivity contribution in [2.45, 2.75) is 39.6 Å². The van der Waals surface area contributed by atoms with Gasteiger partial charge in [-0.15, -0.1) is 35.3 Å². The van der Waals surface area contributed by atoms with Crippen molar-refractivity contribution in [3.63, 3.8) is 0 Å². The Morgan fingerprint density at radius 2 is 1.24 bits per heavy atom. The summed E-state index contributed by atoms with van der Waals surface area (Å²) in [7, 11) is 5.74. The molecule has 0 aliphatic heterocycles. The number of aryl methyl sites for hydroxylation is 3. The molecule has 0 aliphatic carbocycles. The number of hydrogen-bond acceptors (Lipinski definition) is 9. The number of aromatic nitrogens is 3. The summed E-state index contributed by atoms with van der Waals surface area (Å²) >= 11 is 4.92. The highest BCUT2D eigenvalue weighted by atomic mass is 32.2. The van der Waals surface area contributed by atoms with E-state index >= 15 is 0 Å². The molecule has 0 spiro atoms. The highest BCUT2D eigenvalue weighted by Gasteiger charge is 2.23. The number of rotatable bonds is 10. The monoisotopic (exact) mass is 750 g/mol. The second-order valence-electron chi connectivity index (χ2n) is 11.8. The smallest absolute Gasteiger partial charge is 0.320 e. The number of hydrogen-bond donors (Lipinski definition) is 4. The number of nitro benzene ring substituents is 1. The number of non-ortho nitro benzene ring substituents is 1. The van der Waals surface area contributed by atoms with Crippen LogP contribution in [0.2, 0.25) is 0 Å². The van der Waals surface area contributed by atoms with Crippen molar-refractivity contribution >= 4 is 85.6 Å². The molecule has 51 heavy (non-hydrogen) atoms. The van der Waals surface area contributed by atoms with Gasteiger partial charge in [-0.25, -0.2) is 0 Å². The van der Waals surface area contributed by atoms with Gasteiger partial charge in [0.2, 0.25) is 0 Å². The first-order chi connectivity index (χ1) is 24.2. The van der Waals surface area contributed by atoms with E-state index in [2.05, 4.69) is 48.3 Å². The molecule has 0 bridgehead atoms. The number of nitro groups is 1. The summed E-state index contributed by atoms with van der Waals surface area (Å²) in [5, 5.41) is 32.2. The van der Waals surface area contributed by atoms with Crippen molar-refractivity contribution in [1.82, 2.24) is 13.7 Å². The van der Waals surface area contributed by atoms with Gasteiger partial charge in [0.1, 0.15) is 17.6 Å². The summed E-state index contributed by atoms with van der Waals surface area (Å²) in [6, 6.07) is 15.9. The van der Waals surface area contributed by atoms with Crippen LogP contribution in [0.25, 0.3) is 32.7 Å². The number of fused-ring (bicyclic) bond motifs is 3. The van der Waals surface area contributed by atoms with Gasteiger partial charge in [-0.1, -0.05) is 12.1 Å². The summed E-state index contributed by atoms with van der Waals surface area (Å²) in [6.07, 6.45) is 12.3. The van der Waals surface area contributed by atoms with E-state index in [1.807, 2.05) is 48.5 Å². The van der Waals surface area contributed by atoms with Crippen LogP contribution in [-0.2, 0) is 43.6 Å². The van der Waals surface area contributed by atoms with Crippen molar-refractivity contribution < 1.29 is 24.7 Å². The van der Waals surface area contributed by atoms with Gasteiger partial charge in [0.15, 0.2) is 0 Å². The molecule has 3 aromatic heterocycles. The maximum atomic E-state index is 11.2. The van der Waals surface area contributed by atoms with Crippen molar-refractivity contribution in [3.8, 4) is 0 Å². The summed E-state index contributed by atoms with van der Waals surface area (Å²) in [5.74, 6) is -2.06. The Hall–Kier alpha value is -4.41. The molecule has 270 valence electrons. The minimum absolute atomic E-state index is 0.000413. The van der Waals surface area contributed by atoms with Gasteiger partial charge in [-0.3, -0.25) is 19.7 Å². The number of carboxylic acid groups (broad SMARTS) is 2. The largest absolute Gasteiger partial charge is 0.480 e. The van der Waals surface area contributed by atoms with Gasteiger partial charge >= 0.3 is 11.9 Å². The number of nitrogens with zero attached hydrogens (tertiary/aromatic N) is 4. The number of nitrogens with two attached hydrogens (primary N) is 2. The van der Waals surface area contributed by atoms with Gasteiger partial charge in [-0.05, 0) is 66.3 Å². The summed E-state index contributed by atoms with van der Waals surface area (Å²) in [6.45, 7) is 0. The fraction of sp³-hybridized carbons (Fsp3) is 0.278. The van der Waals surface area contributed by atoms with Crippen molar-refractivity contribution in [2.75, 3.05) is 18.8 Å². The zero-order chi connectivity index (χ0) is 37.6. The van der Waals surface area contributed by atoms with Crippen LogP contribution in [0.5, 0.6) is 0 Å². The molecule has 6 N–H and O–H groups in total. The summed E-state index contributed by atoms with van der Waals surface area (Å²) < 4.78 is 5.81.